The molecule has 5 rings (SSSR count). The zero-order chi connectivity index (χ0) is 22.6. The first-order chi connectivity index (χ1) is 15.3. The Bertz CT molecular complexity index is 1330. The predicted molar refractivity (Wildman–Crippen MR) is 134 cm³/mol. The van der Waals surface area contributed by atoms with Crippen molar-refractivity contribution in [3.8, 4) is 11.3 Å². The van der Waals surface area contributed by atoms with Crippen LogP contribution in [-0.4, -0.2) is 21.7 Å². The van der Waals surface area contributed by atoms with Gasteiger partial charge in [0.1, 0.15) is 0 Å². The summed E-state index contributed by atoms with van der Waals surface area (Å²) in [6.07, 6.45) is 0.967. The minimum Gasteiger partial charge on any atom is -0.367 e. The summed E-state index contributed by atoms with van der Waals surface area (Å²) in [6.45, 7) is 15.2. The van der Waals surface area contributed by atoms with Crippen LogP contribution in [0.4, 0.5) is 5.69 Å². The lowest BCUT2D eigenvalue weighted by Gasteiger charge is -2.33. The average molecular weight is 425 g/mol. The molecule has 1 N–H and O–H groups in total. The molecule has 164 valence electrons. The SMILES string of the molecule is Cc1ccc(C(C)C)cc1N1CCc2nc(-c3c(C)ccc4n[nH]c(C)c34)cc(C)c2C1. The Morgan fingerprint density at radius 1 is 0.938 bits per heavy atom. The fourth-order valence-corrected chi connectivity index (χ4v) is 5.06. The number of H-pyrrole nitrogens is 1. The van der Waals surface area contributed by atoms with Crippen molar-refractivity contribution in [3.63, 3.8) is 0 Å². The molecule has 32 heavy (non-hydrogen) atoms. The zero-order valence-electron chi connectivity index (χ0n) is 20.0. The van der Waals surface area contributed by atoms with Gasteiger partial charge in [-0.25, -0.2) is 0 Å². The first-order valence-corrected chi connectivity index (χ1v) is 11.6. The Labute approximate surface area is 190 Å². The lowest BCUT2D eigenvalue weighted by atomic mass is 9.93. The van der Waals surface area contributed by atoms with Crippen LogP contribution in [0.15, 0.2) is 36.4 Å². The Morgan fingerprint density at radius 3 is 2.50 bits per heavy atom. The topological polar surface area (TPSA) is 44.8 Å². The van der Waals surface area contributed by atoms with Gasteiger partial charge >= 0.3 is 0 Å². The van der Waals surface area contributed by atoms with E-state index in [1.54, 1.807) is 0 Å². The Kier molecular flexibility index (Phi) is 5.04. The van der Waals surface area contributed by atoms with Gasteiger partial charge in [0.05, 0.1) is 11.2 Å². The van der Waals surface area contributed by atoms with E-state index in [1.165, 1.54) is 50.1 Å². The summed E-state index contributed by atoms with van der Waals surface area (Å²) in [7, 11) is 0. The molecule has 0 unspecified atom stereocenters. The molecule has 0 spiro atoms. The van der Waals surface area contributed by atoms with Crippen LogP contribution in [-0.2, 0) is 13.0 Å². The number of anilines is 1. The molecule has 0 amide bonds. The molecule has 4 aromatic rings. The lowest BCUT2D eigenvalue weighted by Crippen LogP contribution is -2.32. The van der Waals surface area contributed by atoms with Crippen LogP contribution in [0.5, 0.6) is 0 Å². The van der Waals surface area contributed by atoms with Crippen molar-refractivity contribution in [2.45, 2.75) is 60.4 Å². The average Bonchev–Trinajstić information content (AvgIpc) is 3.14. The fourth-order valence-electron chi connectivity index (χ4n) is 5.06. The maximum absolute atomic E-state index is 5.20. The molecule has 0 atom stereocenters. The highest BCUT2D eigenvalue weighted by Crippen LogP contribution is 2.36. The van der Waals surface area contributed by atoms with Crippen LogP contribution in [0, 0.1) is 27.7 Å². The highest BCUT2D eigenvalue weighted by molar-refractivity contribution is 5.97. The lowest BCUT2D eigenvalue weighted by molar-refractivity contribution is 0.705. The summed E-state index contributed by atoms with van der Waals surface area (Å²) in [5, 5.41) is 8.81. The van der Waals surface area contributed by atoms with Gasteiger partial charge in [0.25, 0.3) is 0 Å². The molecular formula is C28H32N4. The quantitative estimate of drug-likeness (QED) is 0.406. The van der Waals surface area contributed by atoms with Crippen LogP contribution >= 0.6 is 0 Å². The number of benzene rings is 2. The number of nitrogens with zero attached hydrogens (tertiary/aromatic N) is 3. The molecule has 1 aliphatic rings. The summed E-state index contributed by atoms with van der Waals surface area (Å²) in [5.41, 5.74) is 13.7. The Hall–Kier alpha value is -3.14. The first kappa shape index (κ1) is 20.7. The van der Waals surface area contributed by atoms with E-state index >= 15 is 0 Å². The van der Waals surface area contributed by atoms with E-state index in [0.717, 1.165) is 36.4 Å². The Morgan fingerprint density at radius 2 is 1.72 bits per heavy atom. The molecule has 3 heterocycles. The zero-order valence-corrected chi connectivity index (χ0v) is 20.0. The number of hydrogen-bond donors (Lipinski definition) is 1. The molecule has 4 nitrogen and oxygen atoms in total. The summed E-state index contributed by atoms with van der Waals surface area (Å²) in [5.74, 6) is 0.537. The standard InChI is InChI=1S/C28H32N4/c1-16(2)21-9-7-17(3)26(14-21)32-12-11-23-22(15-32)19(5)13-25(29-23)27-18(4)8-10-24-28(27)20(6)30-31-24/h7-10,13-14,16H,11-12,15H2,1-6H3,(H,30,31). The van der Waals surface area contributed by atoms with Crippen molar-refractivity contribution in [2.24, 2.45) is 0 Å². The van der Waals surface area contributed by atoms with E-state index in [4.69, 9.17) is 4.98 Å². The molecule has 0 saturated carbocycles. The normalized spacial score (nSPS) is 13.8. The number of aryl methyl sites for hydroxylation is 4. The third-order valence-corrected chi connectivity index (χ3v) is 7.01. The van der Waals surface area contributed by atoms with Gasteiger partial charge in [0, 0.05) is 47.5 Å². The molecule has 0 saturated heterocycles. The van der Waals surface area contributed by atoms with Crippen LogP contribution in [0.2, 0.25) is 0 Å². The molecule has 0 radical (unpaired) electrons. The summed E-state index contributed by atoms with van der Waals surface area (Å²) in [4.78, 5) is 7.74. The minimum absolute atomic E-state index is 0.537. The monoisotopic (exact) mass is 424 g/mol. The summed E-state index contributed by atoms with van der Waals surface area (Å²) in [6, 6.07) is 13.4. The van der Waals surface area contributed by atoms with E-state index in [1.807, 2.05) is 0 Å². The Balaban J connectivity index is 1.56. The number of hydrogen-bond acceptors (Lipinski definition) is 3. The van der Waals surface area contributed by atoms with Gasteiger partial charge < -0.3 is 4.90 Å². The van der Waals surface area contributed by atoms with Crippen molar-refractivity contribution < 1.29 is 0 Å². The first-order valence-electron chi connectivity index (χ1n) is 11.6. The second-order valence-electron chi connectivity index (χ2n) is 9.62. The van der Waals surface area contributed by atoms with Gasteiger partial charge in [-0.3, -0.25) is 10.1 Å². The van der Waals surface area contributed by atoms with Gasteiger partial charge in [-0.1, -0.05) is 32.0 Å². The highest BCUT2D eigenvalue weighted by Gasteiger charge is 2.23. The largest absolute Gasteiger partial charge is 0.367 e. The number of nitrogens with one attached hydrogen (secondary N) is 1. The van der Waals surface area contributed by atoms with Crippen molar-refractivity contribution in [2.75, 3.05) is 11.4 Å². The number of rotatable bonds is 3. The van der Waals surface area contributed by atoms with Crippen LogP contribution in [0.25, 0.3) is 22.2 Å². The van der Waals surface area contributed by atoms with Crippen molar-refractivity contribution in [1.82, 2.24) is 15.2 Å². The van der Waals surface area contributed by atoms with Crippen molar-refractivity contribution in [1.29, 1.82) is 0 Å². The number of aromatic amines is 1. The maximum atomic E-state index is 5.20. The van der Waals surface area contributed by atoms with Gasteiger partial charge in [0.15, 0.2) is 0 Å². The van der Waals surface area contributed by atoms with Gasteiger partial charge in [-0.2, -0.15) is 5.10 Å². The van der Waals surface area contributed by atoms with Crippen molar-refractivity contribution in [3.05, 3.63) is 75.6 Å². The fraction of sp³-hybridized carbons (Fsp3) is 0.357. The summed E-state index contributed by atoms with van der Waals surface area (Å²) < 4.78 is 0. The van der Waals surface area contributed by atoms with E-state index in [-0.39, 0.29) is 0 Å². The second-order valence-corrected chi connectivity index (χ2v) is 9.62. The molecule has 4 heteroatoms. The smallest absolute Gasteiger partial charge is 0.0930 e. The predicted octanol–water partition coefficient (Wildman–Crippen LogP) is 6.54. The molecule has 2 aromatic carbocycles. The number of fused-ring (bicyclic) bond motifs is 2. The third kappa shape index (κ3) is 3.38. The maximum Gasteiger partial charge on any atom is 0.0930 e. The van der Waals surface area contributed by atoms with Crippen LogP contribution in [0.1, 0.15) is 59.0 Å². The summed E-state index contributed by atoms with van der Waals surface area (Å²) >= 11 is 0. The molecule has 0 fully saturated rings. The van der Waals surface area contributed by atoms with Gasteiger partial charge in [-0.15, -0.1) is 0 Å². The molecular weight excluding hydrogens is 392 g/mol. The van der Waals surface area contributed by atoms with E-state index < -0.39 is 0 Å². The highest BCUT2D eigenvalue weighted by atomic mass is 15.1. The third-order valence-electron chi connectivity index (χ3n) is 7.01. The number of pyridine rings is 1. The van der Waals surface area contributed by atoms with Crippen LogP contribution < -0.4 is 4.90 Å². The van der Waals surface area contributed by atoms with E-state index in [9.17, 15) is 0 Å². The number of aromatic nitrogens is 3. The van der Waals surface area contributed by atoms with E-state index in [0.29, 0.717) is 5.92 Å². The van der Waals surface area contributed by atoms with Gasteiger partial charge in [-0.05, 0) is 79.6 Å². The van der Waals surface area contributed by atoms with E-state index in [2.05, 4.69) is 93.0 Å². The minimum atomic E-state index is 0.537. The molecule has 1 aliphatic heterocycles. The van der Waals surface area contributed by atoms with Crippen molar-refractivity contribution >= 4 is 16.6 Å². The van der Waals surface area contributed by atoms with Crippen LogP contribution in [0.3, 0.4) is 0 Å². The molecule has 2 aromatic heterocycles. The second kappa shape index (κ2) is 7.77. The molecule has 0 aliphatic carbocycles. The van der Waals surface area contributed by atoms with Gasteiger partial charge in [0.2, 0.25) is 0 Å². The molecule has 0 bridgehead atoms.